The zero-order valence-electron chi connectivity index (χ0n) is 14.5. The van der Waals surface area contributed by atoms with Crippen LogP contribution in [0.25, 0.3) is 5.69 Å². The highest BCUT2D eigenvalue weighted by Crippen LogP contribution is 2.31. The molecule has 2 aromatic rings. The topological polar surface area (TPSA) is 58.4 Å². The number of aromatic nitrogens is 2. The van der Waals surface area contributed by atoms with E-state index in [0.717, 1.165) is 32.4 Å². The molecule has 2 aliphatic rings. The van der Waals surface area contributed by atoms with Crippen molar-refractivity contribution in [3.63, 3.8) is 0 Å². The average molecular weight is 373 g/mol. The third kappa shape index (κ3) is 3.33. The van der Waals surface area contributed by atoms with Crippen molar-refractivity contribution < 1.29 is 4.79 Å². The van der Waals surface area contributed by atoms with Crippen molar-refractivity contribution in [3.05, 3.63) is 51.9 Å². The van der Waals surface area contributed by atoms with Crippen LogP contribution in [0.5, 0.6) is 0 Å². The molecule has 1 amide bonds. The molecule has 1 aliphatic heterocycles. The summed E-state index contributed by atoms with van der Waals surface area (Å²) >= 11 is 6.40. The molecule has 2 fully saturated rings. The van der Waals surface area contributed by atoms with Crippen LogP contribution in [-0.2, 0) is 4.79 Å². The summed E-state index contributed by atoms with van der Waals surface area (Å²) in [6.45, 7) is 2.84. The van der Waals surface area contributed by atoms with Gasteiger partial charge in [-0.2, -0.15) is 9.78 Å². The fourth-order valence-corrected chi connectivity index (χ4v) is 3.61. The van der Waals surface area contributed by atoms with Gasteiger partial charge in [0.15, 0.2) is 0 Å². The largest absolute Gasteiger partial charge is 0.367 e. The SMILES string of the molecule is O=C(C1CC1)N1CCCN(c2cnn(-c3ccccc3)c(=O)c2Cl)CC1. The van der Waals surface area contributed by atoms with Crippen LogP contribution in [0.2, 0.25) is 5.02 Å². The molecule has 1 aliphatic carbocycles. The van der Waals surface area contributed by atoms with Gasteiger partial charge in [-0.15, -0.1) is 0 Å². The van der Waals surface area contributed by atoms with Gasteiger partial charge in [-0.05, 0) is 31.4 Å². The molecule has 0 spiro atoms. The van der Waals surface area contributed by atoms with Gasteiger partial charge in [0, 0.05) is 32.1 Å². The van der Waals surface area contributed by atoms with Crippen LogP contribution in [-0.4, -0.2) is 46.8 Å². The summed E-state index contributed by atoms with van der Waals surface area (Å²) in [5.74, 6) is 0.511. The molecular weight excluding hydrogens is 352 g/mol. The van der Waals surface area contributed by atoms with Crippen LogP contribution in [0.1, 0.15) is 19.3 Å². The molecule has 1 aromatic heterocycles. The predicted octanol–water partition coefficient (Wildman–Crippen LogP) is 2.33. The van der Waals surface area contributed by atoms with Crippen molar-refractivity contribution in [1.29, 1.82) is 0 Å². The standard InChI is InChI=1S/C19H21ClN4O2/c20-17-16(13-21-24(19(17)26)15-5-2-1-3-6-15)22-9-4-10-23(12-11-22)18(25)14-7-8-14/h1-3,5-6,13-14H,4,7-12H2. The minimum Gasteiger partial charge on any atom is -0.367 e. The van der Waals surface area contributed by atoms with E-state index in [0.29, 0.717) is 24.5 Å². The number of carbonyl (C=O) groups excluding carboxylic acids is 1. The van der Waals surface area contributed by atoms with E-state index in [1.54, 1.807) is 6.20 Å². The minimum atomic E-state index is -0.328. The summed E-state index contributed by atoms with van der Waals surface area (Å²) < 4.78 is 1.31. The summed E-state index contributed by atoms with van der Waals surface area (Å²) in [6, 6.07) is 9.23. The molecule has 0 N–H and O–H groups in total. The van der Waals surface area contributed by atoms with Crippen LogP contribution in [0.4, 0.5) is 5.69 Å². The summed E-state index contributed by atoms with van der Waals surface area (Å²) in [5, 5.41) is 4.48. The zero-order chi connectivity index (χ0) is 18.1. The second-order valence-electron chi connectivity index (χ2n) is 6.84. The molecule has 0 atom stereocenters. The van der Waals surface area contributed by atoms with Gasteiger partial charge in [0.25, 0.3) is 5.56 Å². The Hall–Kier alpha value is -2.34. The highest BCUT2D eigenvalue weighted by Gasteiger charge is 2.34. The molecular formula is C19H21ClN4O2. The number of nitrogens with zero attached hydrogens (tertiary/aromatic N) is 4. The first-order chi connectivity index (χ1) is 12.6. The molecule has 1 aromatic carbocycles. The average Bonchev–Trinajstić information content (AvgIpc) is 3.51. The number of rotatable bonds is 3. The Morgan fingerprint density at radius 2 is 1.85 bits per heavy atom. The second-order valence-corrected chi connectivity index (χ2v) is 7.21. The number of halogens is 1. The number of hydrogen-bond donors (Lipinski definition) is 0. The first-order valence-electron chi connectivity index (χ1n) is 9.02. The normalized spacial score (nSPS) is 17.9. The lowest BCUT2D eigenvalue weighted by molar-refractivity contribution is -0.132. The van der Waals surface area contributed by atoms with Crippen molar-refractivity contribution in [2.75, 3.05) is 31.1 Å². The maximum absolute atomic E-state index is 12.7. The molecule has 0 radical (unpaired) electrons. The van der Waals surface area contributed by atoms with E-state index in [1.165, 1.54) is 4.68 Å². The van der Waals surface area contributed by atoms with Crippen LogP contribution < -0.4 is 10.5 Å². The lowest BCUT2D eigenvalue weighted by Gasteiger charge is -2.24. The van der Waals surface area contributed by atoms with E-state index in [1.807, 2.05) is 35.2 Å². The minimum absolute atomic E-state index is 0.172. The number of benzene rings is 1. The smallest absolute Gasteiger partial charge is 0.292 e. The molecule has 7 heteroatoms. The Kier molecular flexibility index (Phi) is 4.68. The van der Waals surface area contributed by atoms with E-state index in [9.17, 15) is 9.59 Å². The first-order valence-corrected chi connectivity index (χ1v) is 9.40. The van der Waals surface area contributed by atoms with Crippen molar-refractivity contribution in [1.82, 2.24) is 14.7 Å². The molecule has 1 saturated heterocycles. The van der Waals surface area contributed by atoms with Crippen LogP contribution in [0, 0.1) is 5.92 Å². The van der Waals surface area contributed by atoms with Crippen LogP contribution >= 0.6 is 11.6 Å². The zero-order valence-corrected chi connectivity index (χ0v) is 15.2. The lowest BCUT2D eigenvalue weighted by Crippen LogP contribution is -2.36. The van der Waals surface area contributed by atoms with Gasteiger partial charge < -0.3 is 9.80 Å². The van der Waals surface area contributed by atoms with Gasteiger partial charge in [-0.25, -0.2) is 0 Å². The van der Waals surface area contributed by atoms with E-state index < -0.39 is 0 Å². The quantitative estimate of drug-likeness (QED) is 0.829. The summed E-state index contributed by atoms with van der Waals surface area (Å²) in [7, 11) is 0. The summed E-state index contributed by atoms with van der Waals surface area (Å²) in [6.07, 6.45) is 4.55. The van der Waals surface area contributed by atoms with Crippen molar-refractivity contribution in [2.45, 2.75) is 19.3 Å². The number of hydrogen-bond acceptors (Lipinski definition) is 4. The van der Waals surface area contributed by atoms with E-state index in [4.69, 9.17) is 11.6 Å². The molecule has 4 rings (SSSR count). The van der Waals surface area contributed by atoms with E-state index in [-0.39, 0.29) is 22.4 Å². The molecule has 1 saturated carbocycles. The number of amides is 1. The number of anilines is 1. The maximum Gasteiger partial charge on any atom is 0.292 e. The third-order valence-electron chi connectivity index (χ3n) is 4.98. The Balaban J connectivity index is 1.55. The fourth-order valence-electron chi connectivity index (χ4n) is 3.36. The lowest BCUT2D eigenvalue weighted by atomic mass is 10.3. The Morgan fingerprint density at radius 3 is 2.58 bits per heavy atom. The predicted molar refractivity (Wildman–Crippen MR) is 101 cm³/mol. The Morgan fingerprint density at radius 1 is 1.08 bits per heavy atom. The van der Waals surface area contributed by atoms with Gasteiger partial charge >= 0.3 is 0 Å². The van der Waals surface area contributed by atoms with Gasteiger partial charge in [0.05, 0.1) is 17.6 Å². The van der Waals surface area contributed by atoms with Crippen molar-refractivity contribution in [2.24, 2.45) is 5.92 Å². The Labute approximate surface area is 157 Å². The van der Waals surface area contributed by atoms with Gasteiger partial charge in [0.2, 0.25) is 5.91 Å². The molecule has 0 unspecified atom stereocenters. The molecule has 136 valence electrons. The van der Waals surface area contributed by atoms with Gasteiger partial charge in [-0.3, -0.25) is 9.59 Å². The second kappa shape index (κ2) is 7.11. The molecule has 2 heterocycles. The molecule has 0 bridgehead atoms. The van der Waals surface area contributed by atoms with E-state index >= 15 is 0 Å². The molecule has 6 nitrogen and oxygen atoms in total. The molecule has 26 heavy (non-hydrogen) atoms. The van der Waals surface area contributed by atoms with Crippen LogP contribution in [0.3, 0.4) is 0 Å². The Bertz CT molecular complexity index is 864. The monoisotopic (exact) mass is 372 g/mol. The van der Waals surface area contributed by atoms with Crippen LogP contribution in [0.15, 0.2) is 41.3 Å². The maximum atomic E-state index is 12.7. The summed E-state index contributed by atoms with van der Waals surface area (Å²) in [4.78, 5) is 29.0. The third-order valence-corrected chi connectivity index (χ3v) is 5.33. The highest BCUT2D eigenvalue weighted by atomic mass is 35.5. The fraction of sp³-hybridized carbons (Fsp3) is 0.421. The van der Waals surface area contributed by atoms with Gasteiger partial charge in [-0.1, -0.05) is 29.8 Å². The van der Waals surface area contributed by atoms with Crippen molar-refractivity contribution >= 4 is 23.2 Å². The van der Waals surface area contributed by atoms with Crippen molar-refractivity contribution in [3.8, 4) is 5.69 Å². The highest BCUT2D eigenvalue weighted by molar-refractivity contribution is 6.33. The van der Waals surface area contributed by atoms with E-state index in [2.05, 4.69) is 10.00 Å². The number of para-hydroxylation sites is 1. The first kappa shape index (κ1) is 17.1. The number of carbonyl (C=O) groups is 1. The summed E-state index contributed by atoms with van der Waals surface area (Å²) in [5.41, 5.74) is 0.998. The van der Waals surface area contributed by atoms with Gasteiger partial charge in [0.1, 0.15) is 5.02 Å².